The average Bonchev–Trinajstić information content (AvgIpc) is 2.37. The van der Waals surface area contributed by atoms with Gasteiger partial charge in [0.2, 0.25) is 5.91 Å². The van der Waals surface area contributed by atoms with E-state index in [0.29, 0.717) is 0 Å². The Morgan fingerprint density at radius 3 is 2.88 bits per heavy atom. The van der Waals surface area contributed by atoms with Crippen molar-refractivity contribution in [2.24, 2.45) is 0 Å². The van der Waals surface area contributed by atoms with Crippen LogP contribution >= 0.6 is 0 Å². The van der Waals surface area contributed by atoms with Crippen LogP contribution < -0.4 is 10.6 Å². The summed E-state index contributed by atoms with van der Waals surface area (Å²) in [5.41, 5.74) is 0. The van der Waals surface area contributed by atoms with Crippen molar-refractivity contribution in [1.29, 1.82) is 5.26 Å². The Balaban J connectivity index is 1.90. The van der Waals surface area contributed by atoms with Crippen molar-refractivity contribution in [3.63, 3.8) is 0 Å². The summed E-state index contributed by atoms with van der Waals surface area (Å²) in [6.07, 6.45) is 1.02. The van der Waals surface area contributed by atoms with E-state index in [1.807, 2.05) is 6.07 Å². The molecule has 1 fully saturated rings. The summed E-state index contributed by atoms with van der Waals surface area (Å²) in [6, 6.07) is 1.86. The number of carbonyl (C=O) groups is 1. The van der Waals surface area contributed by atoms with Gasteiger partial charge in [-0.05, 0) is 19.5 Å². The van der Waals surface area contributed by atoms with Gasteiger partial charge in [-0.15, -0.1) is 0 Å². The molecule has 1 saturated heterocycles. The molecule has 0 spiro atoms. The molecule has 1 rings (SSSR count). The standard InChI is InChI=1S/C11H20N4O2/c12-2-4-14-11(16)10-13-3-1-5-15-6-8-17-9-7-15/h13H,1,3-10H2,(H,14,16). The Morgan fingerprint density at radius 1 is 1.41 bits per heavy atom. The summed E-state index contributed by atoms with van der Waals surface area (Å²) in [5, 5.41) is 13.8. The Bertz CT molecular complexity index is 259. The third-order valence-corrected chi connectivity index (χ3v) is 2.58. The van der Waals surface area contributed by atoms with Crippen molar-refractivity contribution in [1.82, 2.24) is 15.5 Å². The second-order valence-corrected chi connectivity index (χ2v) is 3.92. The zero-order chi connectivity index (χ0) is 12.3. The molecule has 17 heavy (non-hydrogen) atoms. The van der Waals surface area contributed by atoms with Crippen LogP contribution in [0.1, 0.15) is 6.42 Å². The number of nitriles is 1. The third kappa shape index (κ3) is 6.89. The molecule has 96 valence electrons. The molecule has 0 atom stereocenters. The summed E-state index contributed by atoms with van der Waals surface area (Å²) in [7, 11) is 0. The van der Waals surface area contributed by atoms with E-state index in [2.05, 4.69) is 15.5 Å². The molecular weight excluding hydrogens is 220 g/mol. The monoisotopic (exact) mass is 240 g/mol. The van der Waals surface area contributed by atoms with E-state index in [-0.39, 0.29) is 19.0 Å². The molecule has 0 unspecified atom stereocenters. The molecule has 1 aliphatic rings. The molecule has 2 N–H and O–H groups in total. The Labute approximate surface area is 102 Å². The maximum atomic E-state index is 11.1. The van der Waals surface area contributed by atoms with Crippen LogP contribution in [-0.4, -0.2) is 63.3 Å². The lowest BCUT2D eigenvalue weighted by Crippen LogP contribution is -2.38. The van der Waals surface area contributed by atoms with Crippen molar-refractivity contribution in [2.45, 2.75) is 6.42 Å². The predicted molar refractivity (Wildman–Crippen MR) is 63.4 cm³/mol. The smallest absolute Gasteiger partial charge is 0.234 e. The van der Waals surface area contributed by atoms with Crippen LogP contribution in [0.15, 0.2) is 0 Å². The number of morpholine rings is 1. The third-order valence-electron chi connectivity index (χ3n) is 2.58. The molecule has 1 aliphatic heterocycles. The number of amides is 1. The number of hydrogen-bond acceptors (Lipinski definition) is 5. The van der Waals surface area contributed by atoms with Crippen molar-refractivity contribution in [3.8, 4) is 6.07 Å². The lowest BCUT2D eigenvalue weighted by Gasteiger charge is -2.26. The predicted octanol–water partition coefficient (Wildman–Crippen LogP) is -1.06. The van der Waals surface area contributed by atoms with Crippen LogP contribution in [0.25, 0.3) is 0 Å². The number of nitrogens with one attached hydrogen (secondary N) is 2. The molecule has 0 bridgehead atoms. The van der Waals surface area contributed by atoms with Crippen LogP contribution in [0.5, 0.6) is 0 Å². The van der Waals surface area contributed by atoms with Gasteiger partial charge in [0.15, 0.2) is 0 Å². The molecule has 0 radical (unpaired) electrons. The van der Waals surface area contributed by atoms with E-state index in [1.54, 1.807) is 0 Å². The van der Waals surface area contributed by atoms with E-state index >= 15 is 0 Å². The van der Waals surface area contributed by atoms with Gasteiger partial charge in [-0.3, -0.25) is 9.69 Å². The van der Waals surface area contributed by atoms with Crippen LogP contribution in [0.4, 0.5) is 0 Å². The van der Waals surface area contributed by atoms with E-state index in [0.717, 1.165) is 45.8 Å². The molecule has 0 aromatic heterocycles. The summed E-state index contributed by atoms with van der Waals surface area (Å²) < 4.78 is 5.26. The van der Waals surface area contributed by atoms with E-state index < -0.39 is 0 Å². The topological polar surface area (TPSA) is 77.4 Å². The first-order chi connectivity index (χ1) is 8.33. The van der Waals surface area contributed by atoms with E-state index in [4.69, 9.17) is 10.00 Å². The Hall–Kier alpha value is -1.16. The van der Waals surface area contributed by atoms with Gasteiger partial charge in [-0.1, -0.05) is 0 Å². The van der Waals surface area contributed by atoms with Crippen molar-refractivity contribution in [3.05, 3.63) is 0 Å². The molecule has 0 aromatic rings. The second-order valence-electron chi connectivity index (χ2n) is 3.92. The van der Waals surface area contributed by atoms with Crippen LogP contribution in [0.2, 0.25) is 0 Å². The summed E-state index contributed by atoms with van der Waals surface area (Å²) in [4.78, 5) is 13.5. The fourth-order valence-corrected chi connectivity index (χ4v) is 1.65. The fourth-order valence-electron chi connectivity index (χ4n) is 1.65. The van der Waals surface area contributed by atoms with Gasteiger partial charge >= 0.3 is 0 Å². The average molecular weight is 240 g/mol. The van der Waals surface area contributed by atoms with Crippen molar-refractivity contribution < 1.29 is 9.53 Å². The number of ether oxygens (including phenoxy) is 1. The molecule has 6 heteroatoms. The normalized spacial score (nSPS) is 16.4. The molecule has 6 nitrogen and oxygen atoms in total. The molecule has 1 heterocycles. The minimum absolute atomic E-state index is 0.0777. The molecule has 1 amide bonds. The van der Waals surface area contributed by atoms with Gasteiger partial charge in [0, 0.05) is 13.1 Å². The van der Waals surface area contributed by atoms with Gasteiger partial charge in [0.1, 0.15) is 6.54 Å². The maximum Gasteiger partial charge on any atom is 0.234 e. The number of carbonyl (C=O) groups excluding carboxylic acids is 1. The summed E-state index contributed by atoms with van der Waals surface area (Å²) in [5.74, 6) is -0.127. The zero-order valence-electron chi connectivity index (χ0n) is 10.1. The molecular formula is C11H20N4O2. The van der Waals surface area contributed by atoms with Gasteiger partial charge in [0.25, 0.3) is 0 Å². The first-order valence-electron chi connectivity index (χ1n) is 5.97. The summed E-state index contributed by atoms with van der Waals surface area (Å²) >= 11 is 0. The fraction of sp³-hybridized carbons (Fsp3) is 0.818. The Kier molecular flexibility index (Phi) is 7.30. The first kappa shape index (κ1) is 13.9. The van der Waals surface area contributed by atoms with Crippen molar-refractivity contribution >= 4 is 5.91 Å². The SMILES string of the molecule is N#CCNC(=O)CNCCCN1CCOCC1. The van der Waals surface area contributed by atoms with E-state index in [1.165, 1.54) is 0 Å². The van der Waals surface area contributed by atoms with Gasteiger partial charge in [0.05, 0.1) is 25.8 Å². The highest BCUT2D eigenvalue weighted by Gasteiger charge is 2.08. The van der Waals surface area contributed by atoms with Crippen LogP contribution in [-0.2, 0) is 9.53 Å². The largest absolute Gasteiger partial charge is 0.379 e. The zero-order valence-corrected chi connectivity index (χ0v) is 10.1. The highest BCUT2D eigenvalue weighted by molar-refractivity contribution is 5.78. The molecule has 0 aromatic carbocycles. The lowest BCUT2D eigenvalue weighted by molar-refractivity contribution is -0.120. The number of nitrogens with zero attached hydrogens (tertiary/aromatic N) is 2. The minimum atomic E-state index is -0.127. The maximum absolute atomic E-state index is 11.1. The van der Waals surface area contributed by atoms with Crippen molar-refractivity contribution in [2.75, 3.05) is 52.5 Å². The van der Waals surface area contributed by atoms with Crippen LogP contribution in [0.3, 0.4) is 0 Å². The van der Waals surface area contributed by atoms with Gasteiger partial charge in [-0.25, -0.2) is 0 Å². The van der Waals surface area contributed by atoms with Gasteiger partial charge < -0.3 is 15.4 Å². The first-order valence-corrected chi connectivity index (χ1v) is 5.97. The van der Waals surface area contributed by atoms with E-state index in [9.17, 15) is 4.79 Å². The summed E-state index contributed by atoms with van der Waals surface area (Å²) in [6.45, 7) is 5.87. The highest BCUT2D eigenvalue weighted by Crippen LogP contribution is 1.96. The highest BCUT2D eigenvalue weighted by atomic mass is 16.5. The number of hydrogen-bond donors (Lipinski definition) is 2. The Morgan fingerprint density at radius 2 is 2.18 bits per heavy atom. The quantitative estimate of drug-likeness (QED) is 0.438. The minimum Gasteiger partial charge on any atom is -0.379 e. The van der Waals surface area contributed by atoms with Gasteiger partial charge in [-0.2, -0.15) is 5.26 Å². The molecule has 0 saturated carbocycles. The number of rotatable bonds is 7. The molecule has 0 aliphatic carbocycles. The lowest BCUT2D eigenvalue weighted by atomic mass is 10.3. The van der Waals surface area contributed by atoms with Crippen LogP contribution in [0, 0.1) is 11.3 Å². The second kappa shape index (κ2) is 8.93.